The van der Waals surface area contributed by atoms with Crippen molar-refractivity contribution in [3.63, 3.8) is 0 Å². The van der Waals surface area contributed by atoms with E-state index >= 15 is 0 Å². The van der Waals surface area contributed by atoms with Gasteiger partial charge in [0.15, 0.2) is 5.58 Å². The first-order valence-electron chi connectivity index (χ1n) is 7.86. The normalized spacial score (nSPS) is 11.9. The number of H-pyrrole nitrogens is 1. The third-order valence-electron chi connectivity index (χ3n) is 3.71. The maximum atomic E-state index is 12.4. The third-order valence-corrected chi connectivity index (χ3v) is 5.17. The van der Waals surface area contributed by atoms with E-state index in [-0.39, 0.29) is 23.4 Å². The van der Waals surface area contributed by atoms with Crippen LogP contribution < -0.4 is 10.5 Å². The third kappa shape index (κ3) is 3.64. The molecule has 0 aliphatic heterocycles. The first-order chi connectivity index (χ1) is 13.0. The number of hydrogen-bond donors (Lipinski definition) is 2. The Labute approximate surface area is 152 Å². The lowest BCUT2D eigenvalue weighted by molar-refractivity contribution is 0.501. The largest absolute Gasteiger partial charge is 0.421 e. The van der Waals surface area contributed by atoms with Gasteiger partial charge in [0.1, 0.15) is 0 Å². The Hall–Kier alpha value is -3.31. The smallest absolute Gasteiger partial charge is 0.417 e. The number of aromatic amines is 1. The van der Waals surface area contributed by atoms with Crippen LogP contribution in [0, 0.1) is 0 Å². The second-order valence-electron chi connectivity index (χ2n) is 5.56. The fourth-order valence-corrected chi connectivity index (χ4v) is 3.48. The molecule has 0 radical (unpaired) electrons. The topological polar surface area (TPSA) is 144 Å². The van der Waals surface area contributed by atoms with Gasteiger partial charge in [0.2, 0.25) is 21.8 Å². The summed E-state index contributed by atoms with van der Waals surface area (Å²) in [6.07, 6.45) is 3.44. The summed E-state index contributed by atoms with van der Waals surface area (Å²) in [4.78, 5) is 17.6. The van der Waals surface area contributed by atoms with Crippen molar-refractivity contribution in [3.05, 3.63) is 59.2 Å². The second-order valence-corrected chi connectivity index (χ2v) is 7.33. The minimum atomic E-state index is -3.78. The van der Waals surface area contributed by atoms with Crippen LogP contribution in [0.4, 0.5) is 0 Å². The molecule has 10 nitrogen and oxygen atoms in total. The average molecular weight is 387 g/mol. The molecule has 0 amide bonds. The molecular weight excluding hydrogens is 374 g/mol. The van der Waals surface area contributed by atoms with Gasteiger partial charge in [0.25, 0.3) is 0 Å². The molecule has 0 saturated heterocycles. The van der Waals surface area contributed by atoms with Crippen molar-refractivity contribution in [3.8, 4) is 11.5 Å². The predicted molar refractivity (Wildman–Crippen MR) is 93.3 cm³/mol. The Morgan fingerprint density at radius 1 is 1.15 bits per heavy atom. The lowest BCUT2D eigenvalue weighted by Gasteiger charge is -2.05. The first kappa shape index (κ1) is 17.1. The van der Waals surface area contributed by atoms with E-state index in [1.807, 2.05) is 0 Å². The number of pyridine rings is 1. The van der Waals surface area contributed by atoms with Gasteiger partial charge in [0.05, 0.1) is 16.0 Å². The quantitative estimate of drug-likeness (QED) is 0.500. The van der Waals surface area contributed by atoms with Crippen molar-refractivity contribution in [2.24, 2.45) is 0 Å². The molecule has 27 heavy (non-hydrogen) atoms. The van der Waals surface area contributed by atoms with Gasteiger partial charge in [-0.25, -0.2) is 17.9 Å². The van der Waals surface area contributed by atoms with Gasteiger partial charge in [-0.05, 0) is 24.3 Å². The van der Waals surface area contributed by atoms with Crippen molar-refractivity contribution < 1.29 is 17.3 Å². The zero-order valence-corrected chi connectivity index (χ0v) is 14.6. The number of oxazole rings is 1. The second kappa shape index (κ2) is 6.78. The molecule has 4 aromatic rings. The Bertz CT molecular complexity index is 1240. The van der Waals surface area contributed by atoms with E-state index in [0.29, 0.717) is 22.9 Å². The van der Waals surface area contributed by atoms with Crippen molar-refractivity contribution >= 4 is 21.1 Å². The van der Waals surface area contributed by atoms with E-state index in [4.69, 9.17) is 8.83 Å². The van der Waals surface area contributed by atoms with Crippen LogP contribution in [0.1, 0.15) is 5.89 Å². The van der Waals surface area contributed by atoms with Crippen LogP contribution in [0.25, 0.3) is 22.6 Å². The first-order valence-corrected chi connectivity index (χ1v) is 9.35. The minimum absolute atomic E-state index is 0.0145. The number of nitrogens with one attached hydrogen (secondary N) is 2. The molecule has 0 fully saturated rings. The van der Waals surface area contributed by atoms with Gasteiger partial charge >= 0.3 is 5.76 Å². The highest BCUT2D eigenvalue weighted by Gasteiger charge is 2.16. The molecule has 0 atom stereocenters. The van der Waals surface area contributed by atoms with Crippen molar-refractivity contribution in [1.29, 1.82) is 0 Å². The summed E-state index contributed by atoms with van der Waals surface area (Å²) in [7, 11) is -3.78. The number of hydrogen-bond acceptors (Lipinski definition) is 8. The molecule has 3 aromatic heterocycles. The molecule has 0 aliphatic carbocycles. The molecule has 0 unspecified atom stereocenters. The van der Waals surface area contributed by atoms with Crippen molar-refractivity contribution in [2.75, 3.05) is 6.54 Å². The number of benzene rings is 1. The molecule has 0 saturated carbocycles. The molecule has 2 N–H and O–H groups in total. The molecule has 0 spiro atoms. The SMILES string of the molecule is O=c1[nH]c2ccc(S(=O)(=O)NCCc3nnc(-c4cccnc4)o3)cc2o1. The maximum Gasteiger partial charge on any atom is 0.417 e. The van der Waals surface area contributed by atoms with Gasteiger partial charge in [-0.2, -0.15) is 0 Å². The van der Waals surface area contributed by atoms with E-state index in [0.717, 1.165) is 0 Å². The highest BCUT2D eigenvalue weighted by atomic mass is 32.2. The zero-order valence-electron chi connectivity index (χ0n) is 13.7. The lowest BCUT2D eigenvalue weighted by atomic mass is 10.3. The van der Waals surface area contributed by atoms with Gasteiger partial charge in [-0.1, -0.05) is 0 Å². The number of nitrogens with zero attached hydrogens (tertiary/aromatic N) is 3. The van der Waals surface area contributed by atoms with Crippen LogP contribution in [-0.4, -0.2) is 35.1 Å². The molecule has 0 bridgehead atoms. The fraction of sp³-hybridized carbons (Fsp3) is 0.125. The van der Waals surface area contributed by atoms with Gasteiger partial charge in [-0.15, -0.1) is 10.2 Å². The maximum absolute atomic E-state index is 12.4. The average Bonchev–Trinajstić information content (AvgIpc) is 3.27. The molecule has 4 rings (SSSR count). The molecule has 0 aliphatic rings. The summed E-state index contributed by atoms with van der Waals surface area (Å²) >= 11 is 0. The zero-order chi connectivity index (χ0) is 18.9. The van der Waals surface area contributed by atoms with Crippen LogP contribution >= 0.6 is 0 Å². The summed E-state index contributed by atoms with van der Waals surface area (Å²) in [6, 6.07) is 7.65. The molecule has 1 aromatic carbocycles. The van der Waals surface area contributed by atoms with Crippen LogP contribution in [-0.2, 0) is 16.4 Å². The Morgan fingerprint density at radius 3 is 2.85 bits per heavy atom. The van der Waals surface area contributed by atoms with E-state index < -0.39 is 15.8 Å². The minimum Gasteiger partial charge on any atom is -0.421 e. The Kier molecular flexibility index (Phi) is 4.30. The standard InChI is InChI=1S/C16H13N5O5S/c22-16-19-12-4-3-11(8-13(12)25-16)27(23,24)18-7-5-14-20-21-15(26-14)10-2-1-6-17-9-10/h1-4,6,8-9,18H,5,7H2,(H,19,22). The number of sulfonamides is 1. The van der Waals surface area contributed by atoms with Crippen LogP contribution in [0.5, 0.6) is 0 Å². The van der Waals surface area contributed by atoms with Gasteiger partial charge in [-0.3, -0.25) is 9.97 Å². The summed E-state index contributed by atoms with van der Waals surface area (Å²) in [6.45, 7) is 0.0616. The van der Waals surface area contributed by atoms with Crippen LogP contribution in [0.2, 0.25) is 0 Å². The highest BCUT2D eigenvalue weighted by Crippen LogP contribution is 2.17. The van der Waals surface area contributed by atoms with Crippen LogP contribution in [0.15, 0.2) is 61.2 Å². The summed E-state index contributed by atoms with van der Waals surface area (Å²) < 4.78 is 37.6. The molecule has 3 heterocycles. The highest BCUT2D eigenvalue weighted by molar-refractivity contribution is 7.89. The molecular formula is C16H13N5O5S. The number of aromatic nitrogens is 4. The van der Waals surface area contributed by atoms with Crippen molar-refractivity contribution in [1.82, 2.24) is 24.9 Å². The van der Waals surface area contributed by atoms with E-state index in [1.54, 1.807) is 24.5 Å². The molecule has 11 heteroatoms. The lowest BCUT2D eigenvalue weighted by Crippen LogP contribution is -2.26. The van der Waals surface area contributed by atoms with E-state index in [1.165, 1.54) is 18.2 Å². The Balaban J connectivity index is 1.43. The summed E-state index contributed by atoms with van der Waals surface area (Å²) in [5, 5.41) is 7.81. The summed E-state index contributed by atoms with van der Waals surface area (Å²) in [5.41, 5.74) is 1.27. The predicted octanol–water partition coefficient (Wildman–Crippen LogP) is 1.09. The Morgan fingerprint density at radius 2 is 2.04 bits per heavy atom. The number of fused-ring (bicyclic) bond motifs is 1. The number of rotatable bonds is 6. The van der Waals surface area contributed by atoms with Gasteiger partial charge in [0, 0.05) is 31.4 Å². The monoisotopic (exact) mass is 387 g/mol. The van der Waals surface area contributed by atoms with E-state index in [2.05, 4.69) is 24.9 Å². The van der Waals surface area contributed by atoms with Gasteiger partial charge < -0.3 is 8.83 Å². The van der Waals surface area contributed by atoms with Crippen LogP contribution in [0.3, 0.4) is 0 Å². The van der Waals surface area contributed by atoms with Crippen molar-refractivity contribution in [2.45, 2.75) is 11.3 Å². The van der Waals surface area contributed by atoms with E-state index in [9.17, 15) is 13.2 Å². The summed E-state index contributed by atoms with van der Waals surface area (Å²) in [5.74, 6) is -0.0362. The molecule has 138 valence electrons. The fourth-order valence-electron chi connectivity index (χ4n) is 2.43.